The van der Waals surface area contributed by atoms with Gasteiger partial charge in [0.1, 0.15) is 6.04 Å². The molecule has 0 aromatic carbocycles. The molecule has 0 bridgehead atoms. The third kappa shape index (κ3) is 6.53. The maximum atomic E-state index is 11.6. The molecule has 1 unspecified atom stereocenters. The van der Waals surface area contributed by atoms with Gasteiger partial charge < -0.3 is 16.0 Å². The molecule has 0 aromatic rings. The van der Waals surface area contributed by atoms with Gasteiger partial charge in [0.2, 0.25) is 11.8 Å². The first-order valence-electron chi connectivity index (χ1n) is 6.02. The van der Waals surface area contributed by atoms with Crippen molar-refractivity contribution in [1.82, 2.24) is 16.0 Å². The zero-order valence-corrected chi connectivity index (χ0v) is 11.1. The fraction of sp³-hybridized carbons (Fsp3) is 0.818. The van der Waals surface area contributed by atoms with Gasteiger partial charge in [0.15, 0.2) is 0 Å². The van der Waals surface area contributed by atoms with Crippen LogP contribution in [0.25, 0.3) is 0 Å². The summed E-state index contributed by atoms with van der Waals surface area (Å²) in [5.41, 5.74) is 0. The molecule has 3 N–H and O–H groups in total. The molecule has 0 radical (unpaired) electrons. The Bertz CT molecular complexity index is 269. The van der Waals surface area contributed by atoms with E-state index < -0.39 is 6.04 Å². The summed E-state index contributed by atoms with van der Waals surface area (Å²) >= 11 is 4.04. The summed E-state index contributed by atoms with van der Waals surface area (Å²) in [4.78, 5) is 22.5. The molecule has 1 fully saturated rings. The van der Waals surface area contributed by atoms with E-state index in [1.165, 1.54) is 19.8 Å². The molecule has 5 nitrogen and oxygen atoms in total. The van der Waals surface area contributed by atoms with Crippen molar-refractivity contribution in [2.24, 2.45) is 0 Å². The van der Waals surface area contributed by atoms with Crippen LogP contribution in [-0.2, 0) is 9.59 Å². The van der Waals surface area contributed by atoms with Crippen LogP contribution in [0.1, 0.15) is 26.2 Å². The number of nitrogens with one attached hydrogen (secondary N) is 3. The van der Waals surface area contributed by atoms with Gasteiger partial charge in [-0.15, -0.1) is 0 Å². The van der Waals surface area contributed by atoms with E-state index in [0.29, 0.717) is 18.3 Å². The summed E-state index contributed by atoms with van der Waals surface area (Å²) in [6.45, 7) is 2.95. The number of amides is 2. The van der Waals surface area contributed by atoms with E-state index in [9.17, 15) is 9.59 Å². The standard InChI is InChI=1S/C11H21N3O2S/c1-8(15)14-10(7-17)11(16)13-6-2-5-12-9-3-4-9/h9-10,12,17H,2-7H2,1H3,(H,13,16)(H,14,15). The predicted molar refractivity (Wildman–Crippen MR) is 70.1 cm³/mol. The smallest absolute Gasteiger partial charge is 0.243 e. The fourth-order valence-corrected chi connectivity index (χ4v) is 1.71. The number of hydrogen-bond donors (Lipinski definition) is 4. The van der Waals surface area contributed by atoms with E-state index in [1.54, 1.807) is 0 Å². The van der Waals surface area contributed by atoms with Gasteiger partial charge in [0.25, 0.3) is 0 Å². The topological polar surface area (TPSA) is 70.2 Å². The molecule has 0 aliphatic heterocycles. The molecule has 1 saturated carbocycles. The van der Waals surface area contributed by atoms with Crippen LogP contribution < -0.4 is 16.0 Å². The van der Waals surface area contributed by atoms with Crippen molar-refractivity contribution >= 4 is 24.4 Å². The maximum absolute atomic E-state index is 11.6. The second-order valence-electron chi connectivity index (χ2n) is 4.31. The molecule has 0 spiro atoms. The normalized spacial score (nSPS) is 16.4. The zero-order chi connectivity index (χ0) is 12.7. The van der Waals surface area contributed by atoms with Crippen LogP contribution in [0.4, 0.5) is 0 Å². The minimum atomic E-state index is -0.535. The predicted octanol–water partition coefficient (Wildman–Crippen LogP) is -0.321. The van der Waals surface area contributed by atoms with E-state index in [-0.39, 0.29) is 11.8 Å². The van der Waals surface area contributed by atoms with Crippen molar-refractivity contribution in [3.8, 4) is 0 Å². The summed E-state index contributed by atoms with van der Waals surface area (Å²) < 4.78 is 0. The molecule has 0 heterocycles. The molecule has 1 rings (SSSR count). The SMILES string of the molecule is CC(=O)NC(CS)C(=O)NCCCNC1CC1. The number of hydrogen-bond acceptors (Lipinski definition) is 4. The van der Waals surface area contributed by atoms with Crippen molar-refractivity contribution in [2.45, 2.75) is 38.3 Å². The van der Waals surface area contributed by atoms with Gasteiger partial charge in [-0.25, -0.2) is 0 Å². The van der Waals surface area contributed by atoms with E-state index in [2.05, 4.69) is 28.6 Å². The Labute approximate surface area is 108 Å². The molecule has 1 atom stereocenters. The average Bonchev–Trinajstić information content (AvgIpc) is 3.08. The molecule has 98 valence electrons. The van der Waals surface area contributed by atoms with Gasteiger partial charge in [0.05, 0.1) is 0 Å². The summed E-state index contributed by atoms with van der Waals surface area (Å²) in [6.07, 6.45) is 3.45. The molecule has 1 aliphatic carbocycles. The number of carbonyl (C=O) groups excluding carboxylic acids is 2. The van der Waals surface area contributed by atoms with E-state index in [1.807, 2.05) is 0 Å². The number of rotatable bonds is 8. The van der Waals surface area contributed by atoms with E-state index in [0.717, 1.165) is 13.0 Å². The monoisotopic (exact) mass is 259 g/mol. The van der Waals surface area contributed by atoms with Gasteiger partial charge in [-0.1, -0.05) is 0 Å². The van der Waals surface area contributed by atoms with Gasteiger partial charge in [-0.3, -0.25) is 9.59 Å². The Morgan fingerprint density at radius 1 is 1.35 bits per heavy atom. The van der Waals surface area contributed by atoms with E-state index >= 15 is 0 Å². The highest BCUT2D eigenvalue weighted by atomic mass is 32.1. The summed E-state index contributed by atoms with van der Waals surface area (Å²) in [7, 11) is 0. The van der Waals surface area contributed by atoms with E-state index in [4.69, 9.17) is 0 Å². The largest absolute Gasteiger partial charge is 0.354 e. The highest BCUT2D eigenvalue weighted by Crippen LogP contribution is 2.18. The van der Waals surface area contributed by atoms with Crippen molar-refractivity contribution < 1.29 is 9.59 Å². The van der Waals surface area contributed by atoms with Gasteiger partial charge in [-0.05, 0) is 25.8 Å². The Morgan fingerprint density at radius 3 is 2.59 bits per heavy atom. The van der Waals surface area contributed by atoms with Crippen LogP contribution in [0.5, 0.6) is 0 Å². The first-order chi connectivity index (χ1) is 8.13. The first-order valence-corrected chi connectivity index (χ1v) is 6.65. The lowest BCUT2D eigenvalue weighted by Gasteiger charge is -2.15. The van der Waals surface area contributed by atoms with Crippen LogP contribution in [0.15, 0.2) is 0 Å². The van der Waals surface area contributed by atoms with Crippen molar-refractivity contribution in [3.63, 3.8) is 0 Å². The second-order valence-corrected chi connectivity index (χ2v) is 4.67. The Kier molecular flexibility index (Phi) is 6.36. The lowest BCUT2D eigenvalue weighted by molar-refractivity contribution is -0.127. The molecule has 6 heteroatoms. The maximum Gasteiger partial charge on any atom is 0.243 e. The van der Waals surface area contributed by atoms with Crippen LogP contribution in [-0.4, -0.2) is 42.7 Å². The summed E-state index contributed by atoms with van der Waals surface area (Å²) in [6, 6.07) is 0.169. The lowest BCUT2D eigenvalue weighted by Crippen LogP contribution is -2.47. The van der Waals surface area contributed by atoms with Crippen molar-refractivity contribution in [1.29, 1.82) is 0 Å². The quantitative estimate of drug-likeness (QED) is 0.357. The third-order valence-electron chi connectivity index (χ3n) is 2.54. The summed E-state index contributed by atoms with van der Waals surface area (Å²) in [5.74, 6) is -0.0673. The van der Waals surface area contributed by atoms with Crippen LogP contribution in [0, 0.1) is 0 Å². The molecular formula is C11H21N3O2S. The Morgan fingerprint density at radius 2 is 2.06 bits per heavy atom. The molecule has 0 saturated heterocycles. The zero-order valence-electron chi connectivity index (χ0n) is 10.2. The number of carbonyl (C=O) groups is 2. The van der Waals surface area contributed by atoms with Gasteiger partial charge >= 0.3 is 0 Å². The molecule has 1 aliphatic rings. The second kappa shape index (κ2) is 7.55. The van der Waals surface area contributed by atoms with Crippen molar-refractivity contribution in [3.05, 3.63) is 0 Å². The first kappa shape index (κ1) is 14.3. The lowest BCUT2D eigenvalue weighted by atomic mass is 10.3. The Balaban J connectivity index is 2.06. The third-order valence-corrected chi connectivity index (χ3v) is 2.90. The molecule has 0 aromatic heterocycles. The van der Waals surface area contributed by atoms with Crippen LogP contribution >= 0.6 is 12.6 Å². The fourth-order valence-electron chi connectivity index (χ4n) is 1.46. The highest BCUT2D eigenvalue weighted by molar-refractivity contribution is 7.80. The highest BCUT2D eigenvalue weighted by Gasteiger charge is 2.20. The molecule has 17 heavy (non-hydrogen) atoms. The summed E-state index contributed by atoms with van der Waals surface area (Å²) in [5, 5.41) is 8.72. The Hall–Kier alpha value is -0.750. The van der Waals surface area contributed by atoms with Crippen molar-refractivity contribution in [2.75, 3.05) is 18.8 Å². The molecule has 2 amide bonds. The van der Waals surface area contributed by atoms with Crippen LogP contribution in [0.3, 0.4) is 0 Å². The van der Waals surface area contributed by atoms with Gasteiger partial charge in [-0.2, -0.15) is 12.6 Å². The van der Waals surface area contributed by atoms with Crippen LogP contribution in [0.2, 0.25) is 0 Å². The average molecular weight is 259 g/mol. The van der Waals surface area contributed by atoms with Gasteiger partial charge in [0, 0.05) is 25.3 Å². The molecular weight excluding hydrogens is 238 g/mol. The number of thiol groups is 1. The minimum Gasteiger partial charge on any atom is -0.354 e. The minimum absolute atomic E-state index is 0.165.